The third-order valence-electron chi connectivity index (χ3n) is 9.06. The van der Waals surface area contributed by atoms with Crippen molar-refractivity contribution >= 4 is 52.4 Å². The second kappa shape index (κ2) is 17.2. The van der Waals surface area contributed by atoms with Gasteiger partial charge in [-0.15, -0.1) is 5.41 Å². The zero-order chi connectivity index (χ0) is 34.1. The summed E-state index contributed by atoms with van der Waals surface area (Å²) in [7, 11) is 12.2. The minimum atomic E-state index is -1.82. The molecule has 1 fully saturated rings. The molecule has 5 aromatic rings. The van der Waals surface area contributed by atoms with Gasteiger partial charge in [-0.1, -0.05) is 74.9 Å². The third kappa shape index (κ3) is 9.56. The van der Waals surface area contributed by atoms with Crippen LogP contribution in [0.25, 0.3) is 0 Å². The van der Waals surface area contributed by atoms with Crippen molar-refractivity contribution in [3.8, 4) is 0 Å². The number of benzene rings is 3. The van der Waals surface area contributed by atoms with E-state index < -0.39 is 13.5 Å². The molecule has 3 heterocycles. The molecule has 1 aliphatic heterocycles. The van der Waals surface area contributed by atoms with E-state index in [4.69, 9.17) is 19.4 Å². The van der Waals surface area contributed by atoms with Gasteiger partial charge in [0.05, 0.1) is 0 Å². The van der Waals surface area contributed by atoms with Crippen LogP contribution in [0.2, 0.25) is 0 Å². The first-order valence-corrected chi connectivity index (χ1v) is 23.9. The summed E-state index contributed by atoms with van der Waals surface area (Å²) in [5.41, 5.74) is 8.40. The van der Waals surface area contributed by atoms with E-state index in [-0.39, 0.29) is 11.0 Å². The molecular formula is C41H47Cl2N2RuS2-. The Kier molecular flexibility index (Phi) is 13.3. The number of para-hydroxylation sites is 1. The van der Waals surface area contributed by atoms with Gasteiger partial charge in [0.2, 0.25) is 0 Å². The van der Waals surface area contributed by atoms with E-state index in [2.05, 4.69) is 153 Å². The van der Waals surface area contributed by atoms with Crippen molar-refractivity contribution in [1.29, 1.82) is 0 Å². The van der Waals surface area contributed by atoms with Crippen LogP contribution >= 0.6 is 42.1 Å². The fourth-order valence-corrected chi connectivity index (χ4v) is 10.3. The summed E-state index contributed by atoms with van der Waals surface area (Å²) in [5.74, 6) is 0. The first-order chi connectivity index (χ1) is 23.1. The van der Waals surface area contributed by atoms with Gasteiger partial charge in [0, 0.05) is 11.2 Å². The third-order valence-corrected chi connectivity index (χ3v) is 12.6. The monoisotopic (exact) mass is 803 g/mol. The van der Waals surface area contributed by atoms with Crippen molar-refractivity contribution in [3.05, 3.63) is 152 Å². The van der Waals surface area contributed by atoms with Gasteiger partial charge in [0.25, 0.3) is 0 Å². The van der Waals surface area contributed by atoms with Crippen molar-refractivity contribution in [3.63, 3.8) is 0 Å². The average Bonchev–Trinajstić information content (AvgIpc) is 3.84. The molecule has 0 aliphatic carbocycles. The number of hydrogen-bond acceptors (Lipinski definition) is 4. The molecule has 1 unspecified atom stereocenters. The zero-order valence-electron chi connectivity index (χ0n) is 28.6. The molecule has 7 heteroatoms. The maximum atomic E-state index is 6.09. The average molecular weight is 804 g/mol. The van der Waals surface area contributed by atoms with Gasteiger partial charge < -0.3 is 4.90 Å². The number of rotatable bonds is 11. The summed E-state index contributed by atoms with van der Waals surface area (Å²) < 4.78 is 2.04. The van der Waals surface area contributed by atoms with E-state index in [1.54, 1.807) is 0 Å². The van der Waals surface area contributed by atoms with Crippen LogP contribution in [-0.4, -0.2) is 15.0 Å². The molecule has 3 aromatic carbocycles. The molecule has 6 rings (SSSR count). The topological polar surface area (TPSA) is 6.48 Å². The molecule has 0 bridgehead atoms. The fraction of sp³-hybridized carbons (Fsp3) is 0.317. The molecule has 2 nitrogen and oxygen atoms in total. The van der Waals surface area contributed by atoms with Crippen molar-refractivity contribution < 1.29 is 13.5 Å². The van der Waals surface area contributed by atoms with Crippen LogP contribution in [0.15, 0.2) is 108 Å². The first-order valence-electron chi connectivity index (χ1n) is 16.6. The van der Waals surface area contributed by atoms with Crippen molar-refractivity contribution in [2.75, 3.05) is 4.90 Å². The van der Waals surface area contributed by atoms with Crippen molar-refractivity contribution in [1.82, 2.24) is 4.90 Å². The Morgan fingerprint density at radius 2 is 1.29 bits per heavy atom. The molecule has 1 atom stereocenters. The van der Waals surface area contributed by atoms with Crippen LogP contribution in [-0.2, 0) is 51.4 Å². The summed E-state index contributed by atoms with van der Waals surface area (Å²) >= 11 is 1.79. The van der Waals surface area contributed by atoms with Crippen LogP contribution in [0.1, 0.15) is 78.6 Å². The quantitative estimate of drug-likeness (QED) is 0.0969. The summed E-state index contributed by atoms with van der Waals surface area (Å²) in [6.45, 7) is 16.9. The predicted octanol–water partition coefficient (Wildman–Crippen LogP) is 12.0. The Morgan fingerprint density at radius 1 is 0.729 bits per heavy atom. The molecule has 0 amide bonds. The van der Waals surface area contributed by atoms with E-state index in [0.717, 1.165) is 38.9 Å². The van der Waals surface area contributed by atoms with E-state index in [1.807, 2.05) is 33.3 Å². The Morgan fingerprint density at radius 3 is 1.83 bits per heavy atom. The molecule has 0 radical (unpaired) electrons. The normalized spacial score (nSPS) is 17.2. The van der Waals surface area contributed by atoms with Crippen LogP contribution in [0.5, 0.6) is 0 Å². The zero-order valence-corrected chi connectivity index (χ0v) is 33.5. The SMILES string of the molecule is CCc1cccc(CC)c1N1[CH-]C(C)(c2ccccc2)CC1(C)C.[Cl][Ru]([Cl])=[CH]c1ccccc1CN(Cc1cccs1)Cc1cccs1. The van der Waals surface area contributed by atoms with Crippen LogP contribution < -0.4 is 4.90 Å². The van der Waals surface area contributed by atoms with Gasteiger partial charge in [-0.25, -0.2) is 6.54 Å². The molecular weight excluding hydrogens is 757 g/mol. The predicted molar refractivity (Wildman–Crippen MR) is 209 cm³/mol. The van der Waals surface area contributed by atoms with Crippen molar-refractivity contribution in [2.45, 2.75) is 84.5 Å². The Labute approximate surface area is 309 Å². The van der Waals surface area contributed by atoms with E-state index in [9.17, 15) is 0 Å². The Bertz CT molecular complexity index is 1690. The maximum absolute atomic E-state index is 6.09. The molecule has 48 heavy (non-hydrogen) atoms. The molecule has 1 aliphatic rings. The van der Waals surface area contributed by atoms with E-state index in [1.165, 1.54) is 43.3 Å². The summed E-state index contributed by atoms with van der Waals surface area (Å²) in [6, 6.07) is 34.8. The van der Waals surface area contributed by atoms with Gasteiger partial charge in [-0.05, 0) is 44.2 Å². The number of thiophene rings is 2. The molecule has 0 saturated carbocycles. The van der Waals surface area contributed by atoms with Gasteiger partial charge in [-0.3, -0.25) is 0 Å². The number of aryl methyl sites for hydroxylation is 2. The molecule has 1 saturated heterocycles. The number of halogens is 2. The number of nitrogens with zero attached hydrogens (tertiary/aromatic N) is 2. The summed E-state index contributed by atoms with van der Waals surface area (Å²) in [6.07, 6.45) is 3.28. The van der Waals surface area contributed by atoms with Crippen LogP contribution in [0, 0.1) is 6.54 Å². The van der Waals surface area contributed by atoms with Crippen LogP contribution in [0.4, 0.5) is 5.69 Å². The Balaban J connectivity index is 0.000000188. The second-order valence-corrected chi connectivity index (χ2v) is 21.0. The number of anilines is 1. The van der Waals surface area contributed by atoms with E-state index >= 15 is 0 Å². The van der Waals surface area contributed by atoms with Gasteiger partial charge in [0.15, 0.2) is 0 Å². The second-order valence-electron chi connectivity index (χ2n) is 13.2. The molecule has 0 N–H and O–H groups in total. The van der Waals surface area contributed by atoms with Crippen LogP contribution in [0.3, 0.4) is 0 Å². The van der Waals surface area contributed by atoms with Gasteiger partial charge in [-0.2, -0.15) is 0 Å². The van der Waals surface area contributed by atoms with Gasteiger partial charge in [0.1, 0.15) is 0 Å². The number of hydrogen-bond donors (Lipinski definition) is 0. The summed E-state index contributed by atoms with van der Waals surface area (Å²) in [5, 5.41) is 4.27. The minimum absolute atomic E-state index is 0.0800. The fourth-order valence-electron chi connectivity index (χ4n) is 6.89. The molecule has 256 valence electrons. The van der Waals surface area contributed by atoms with Crippen molar-refractivity contribution in [2.24, 2.45) is 0 Å². The van der Waals surface area contributed by atoms with Gasteiger partial charge >= 0.3 is 165 Å². The van der Waals surface area contributed by atoms with E-state index in [0.29, 0.717) is 0 Å². The Hall–Kier alpha value is -2.11. The standard InChI is InChI=1S/C23H30N.C18H17NS2.2ClH.Ru/c1-6-18-12-11-13-19(7-2)21(18)24-17-23(5,16-22(24,3)4)20-14-9-8-10-15-20;1-15-6-2-3-7-16(15)12-19(13-17-8-4-10-20-17)14-18-9-5-11-21-18;;;/h8-15,17H,6-7,16H2,1-5H3;1-11H,12-14H2;2*1H;/q-1;;;;+2/p-2. The molecule has 0 spiro atoms. The first kappa shape index (κ1) is 37.2. The summed E-state index contributed by atoms with van der Waals surface area (Å²) in [4.78, 5) is 7.81. The molecule has 2 aromatic heterocycles.